The molecule has 122 valence electrons. The molecule has 7 heteroatoms. The number of hydrogen-bond acceptors (Lipinski definition) is 3. The second-order valence-electron chi connectivity index (χ2n) is 5.41. The van der Waals surface area contributed by atoms with Crippen LogP contribution in [0.25, 0.3) is 0 Å². The summed E-state index contributed by atoms with van der Waals surface area (Å²) in [5.74, 6) is -0.918. The highest BCUT2D eigenvalue weighted by Gasteiger charge is 2.31. The van der Waals surface area contributed by atoms with E-state index in [-0.39, 0.29) is 36.5 Å². The van der Waals surface area contributed by atoms with E-state index in [2.05, 4.69) is 5.32 Å². The molecule has 5 nitrogen and oxygen atoms in total. The first-order valence-corrected chi connectivity index (χ1v) is 9.04. The number of carbonyl (C=O) groups is 1. The molecule has 1 aliphatic heterocycles. The van der Waals surface area contributed by atoms with Crippen molar-refractivity contribution in [2.24, 2.45) is 5.92 Å². The number of amides is 1. The van der Waals surface area contributed by atoms with Gasteiger partial charge in [0.05, 0.1) is 11.7 Å². The van der Waals surface area contributed by atoms with Crippen LogP contribution in [0.15, 0.2) is 24.3 Å². The highest BCUT2D eigenvalue weighted by Crippen LogP contribution is 2.20. The van der Waals surface area contributed by atoms with Crippen LogP contribution in [0.1, 0.15) is 25.3 Å². The van der Waals surface area contributed by atoms with Crippen LogP contribution in [-0.2, 0) is 21.4 Å². The van der Waals surface area contributed by atoms with E-state index >= 15 is 0 Å². The molecule has 0 spiro atoms. The Hall–Kier alpha value is -1.47. The van der Waals surface area contributed by atoms with Gasteiger partial charge in [-0.15, -0.1) is 0 Å². The van der Waals surface area contributed by atoms with E-state index in [0.29, 0.717) is 24.9 Å². The fourth-order valence-corrected chi connectivity index (χ4v) is 3.74. The molecule has 1 aliphatic rings. The maximum atomic E-state index is 13.5. The highest BCUT2D eigenvalue weighted by molar-refractivity contribution is 7.89. The van der Waals surface area contributed by atoms with Gasteiger partial charge in [-0.3, -0.25) is 4.79 Å². The third-order valence-corrected chi connectivity index (χ3v) is 5.77. The van der Waals surface area contributed by atoms with Crippen molar-refractivity contribution in [2.75, 3.05) is 18.8 Å². The standard InChI is InChI=1S/C15H21FN2O3S/c1-2-22(20,21)18-9-5-7-13(11-18)15(19)17-10-12-6-3-4-8-14(12)16/h3-4,6,8,13H,2,5,7,9-11H2,1H3,(H,17,19)/t13-/m0/s1. The second kappa shape index (κ2) is 7.19. The van der Waals surface area contributed by atoms with Gasteiger partial charge in [0.1, 0.15) is 5.82 Å². The van der Waals surface area contributed by atoms with Gasteiger partial charge in [0.2, 0.25) is 15.9 Å². The lowest BCUT2D eigenvalue weighted by atomic mass is 9.98. The van der Waals surface area contributed by atoms with E-state index < -0.39 is 10.0 Å². The Balaban J connectivity index is 1.94. The molecule has 1 saturated heterocycles. The predicted molar refractivity (Wildman–Crippen MR) is 82.0 cm³/mol. The monoisotopic (exact) mass is 328 g/mol. The Kier molecular flexibility index (Phi) is 5.52. The summed E-state index contributed by atoms with van der Waals surface area (Å²) in [6.07, 6.45) is 1.32. The van der Waals surface area contributed by atoms with E-state index in [1.54, 1.807) is 25.1 Å². The largest absolute Gasteiger partial charge is 0.352 e. The van der Waals surface area contributed by atoms with E-state index in [9.17, 15) is 17.6 Å². The maximum absolute atomic E-state index is 13.5. The van der Waals surface area contributed by atoms with Crippen LogP contribution >= 0.6 is 0 Å². The Morgan fingerprint density at radius 2 is 2.14 bits per heavy atom. The van der Waals surface area contributed by atoms with Crippen molar-refractivity contribution in [3.8, 4) is 0 Å². The molecule has 1 amide bonds. The van der Waals surface area contributed by atoms with Gasteiger partial charge < -0.3 is 5.32 Å². The minimum absolute atomic E-state index is 0.0383. The van der Waals surface area contributed by atoms with E-state index in [4.69, 9.17) is 0 Å². The maximum Gasteiger partial charge on any atom is 0.224 e. The lowest BCUT2D eigenvalue weighted by molar-refractivity contribution is -0.126. The van der Waals surface area contributed by atoms with Crippen molar-refractivity contribution in [3.63, 3.8) is 0 Å². The molecule has 1 atom stereocenters. The molecule has 0 aliphatic carbocycles. The molecular weight excluding hydrogens is 307 g/mol. The number of piperidine rings is 1. The van der Waals surface area contributed by atoms with Gasteiger partial charge in [-0.25, -0.2) is 17.1 Å². The van der Waals surface area contributed by atoms with Crippen LogP contribution in [-0.4, -0.2) is 37.5 Å². The van der Waals surface area contributed by atoms with Gasteiger partial charge in [0.15, 0.2) is 0 Å². The van der Waals surface area contributed by atoms with Crippen molar-refractivity contribution >= 4 is 15.9 Å². The molecule has 1 aromatic carbocycles. The fraction of sp³-hybridized carbons (Fsp3) is 0.533. The van der Waals surface area contributed by atoms with E-state index in [1.165, 1.54) is 10.4 Å². The summed E-state index contributed by atoms with van der Waals surface area (Å²) >= 11 is 0. The first-order chi connectivity index (χ1) is 10.4. The number of nitrogens with zero attached hydrogens (tertiary/aromatic N) is 1. The van der Waals surface area contributed by atoms with Gasteiger partial charge >= 0.3 is 0 Å². The number of carbonyl (C=O) groups excluding carboxylic acids is 1. The van der Waals surface area contributed by atoms with Crippen LogP contribution in [0.3, 0.4) is 0 Å². The number of hydrogen-bond donors (Lipinski definition) is 1. The molecule has 0 saturated carbocycles. The number of halogens is 1. The lowest BCUT2D eigenvalue weighted by Gasteiger charge is -2.30. The molecular formula is C15H21FN2O3S. The molecule has 0 bridgehead atoms. The Morgan fingerprint density at radius 1 is 1.41 bits per heavy atom. The van der Waals surface area contributed by atoms with Crippen molar-refractivity contribution in [1.82, 2.24) is 9.62 Å². The number of sulfonamides is 1. The van der Waals surface area contributed by atoms with Crippen LogP contribution in [0.4, 0.5) is 4.39 Å². The Labute approximate surface area is 130 Å². The minimum Gasteiger partial charge on any atom is -0.352 e. The third-order valence-electron chi connectivity index (χ3n) is 3.92. The lowest BCUT2D eigenvalue weighted by Crippen LogP contribution is -2.45. The Bertz CT molecular complexity index is 633. The van der Waals surface area contributed by atoms with Crippen LogP contribution in [0.5, 0.6) is 0 Å². The first kappa shape index (κ1) is 16.9. The zero-order chi connectivity index (χ0) is 16.2. The average molecular weight is 328 g/mol. The SMILES string of the molecule is CCS(=O)(=O)N1CCC[C@H](C(=O)NCc2ccccc2F)C1. The van der Waals surface area contributed by atoms with Gasteiger partial charge in [0.25, 0.3) is 0 Å². The summed E-state index contributed by atoms with van der Waals surface area (Å²) in [6, 6.07) is 6.26. The number of nitrogens with one attached hydrogen (secondary N) is 1. The van der Waals surface area contributed by atoms with E-state index in [0.717, 1.165) is 0 Å². The van der Waals surface area contributed by atoms with Crippen molar-refractivity contribution in [3.05, 3.63) is 35.6 Å². The zero-order valence-corrected chi connectivity index (χ0v) is 13.4. The third kappa shape index (κ3) is 4.04. The molecule has 2 rings (SSSR count). The smallest absolute Gasteiger partial charge is 0.224 e. The van der Waals surface area contributed by atoms with E-state index in [1.807, 2.05) is 0 Å². The normalized spacial score (nSPS) is 19.8. The fourth-order valence-electron chi connectivity index (χ4n) is 2.56. The number of rotatable bonds is 5. The second-order valence-corrected chi connectivity index (χ2v) is 7.66. The average Bonchev–Trinajstić information content (AvgIpc) is 2.54. The Morgan fingerprint density at radius 3 is 2.82 bits per heavy atom. The van der Waals surface area contributed by atoms with Crippen LogP contribution in [0, 0.1) is 11.7 Å². The van der Waals surface area contributed by atoms with Crippen LogP contribution in [0.2, 0.25) is 0 Å². The first-order valence-electron chi connectivity index (χ1n) is 7.43. The highest BCUT2D eigenvalue weighted by atomic mass is 32.2. The number of benzene rings is 1. The molecule has 0 aromatic heterocycles. The van der Waals surface area contributed by atoms with Gasteiger partial charge in [-0.1, -0.05) is 18.2 Å². The topological polar surface area (TPSA) is 66.5 Å². The molecule has 1 aromatic rings. The summed E-state index contributed by atoms with van der Waals surface area (Å²) in [5, 5.41) is 2.70. The molecule has 1 fully saturated rings. The molecule has 22 heavy (non-hydrogen) atoms. The molecule has 1 N–H and O–H groups in total. The van der Waals surface area contributed by atoms with Gasteiger partial charge in [-0.05, 0) is 25.8 Å². The summed E-state index contributed by atoms with van der Waals surface area (Å²) in [6.45, 7) is 2.38. The zero-order valence-electron chi connectivity index (χ0n) is 12.6. The van der Waals surface area contributed by atoms with Crippen LogP contribution < -0.4 is 5.32 Å². The molecule has 1 heterocycles. The predicted octanol–water partition coefficient (Wildman–Crippen LogP) is 1.50. The van der Waals surface area contributed by atoms with Gasteiger partial charge in [-0.2, -0.15) is 0 Å². The van der Waals surface area contributed by atoms with Crippen molar-refractivity contribution < 1.29 is 17.6 Å². The quantitative estimate of drug-likeness (QED) is 0.891. The summed E-state index contributed by atoms with van der Waals surface area (Å²) in [7, 11) is -3.27. The summed E-state index contributed by atoms with van der Waals surface area (Å²) in [5.41, 5.74) is 0.421. The molecule has 0 radical (unpaired) electrons. The summed E-state index contributed by atoms with van der Waals surface area (Å²) < 4.78 is 38.7. The molecule has 0 unspecified atom stereocenters. The van der Waals surface area contributed by atoms with Crippen molar-refractivity contribution in [2.45, 2.75) is 26.3 Å². The van der Waals surface area contributed by atoms with Gasteiger partial charge in [0, 0.05) is 25.2 Å². The van der Waals surface area contributed by atoms with Crippen molar-refractivity contribution in [1.29, 1.82) is 0 Å². The summed E-state index contributed by atoms with van der Waals surface area (Å²) in [4.78, 5) is 12.2. The minimum atomic E-state index is -3.27.